The molecule has 0 unspecified atom stereocenters. The van der Waals surface area contributed by atoms with Crippen molar-refractivity contribution in [3.63, 3.8) is 0 Å². The maximum absolute atomic E-state index is 12.9. The lowest BCUT2D eigenvalue weighted by Gasteiger charge is -2.47. The van der Waals surface area contributed by atoms with Gasteiger partial charge in [-0.25, -0.2) is 4.79 Å². The fraction of sp³-hybridized carbons (Fsp3) is 0.369. The van der Waals surface area contributed by atoms with Crippen molar-refractivity contribution in [2.24, 2.45) is 0 Å². The van der Waals surface area contributed by atoms with Gasteiger partial charge < -0.3 is 25.2 Å². The Balaban J connectivity index is 0.000000486. The van der Waals surface area contributed by atoms with E-state index in [-0.39, 0.29) is 20.8 Å². The molecule has 0 spiro atoms. The first kappa shape index (κ1) is 68.0. The Labute approximate surface area is 496 Å². The Morgan fingerprint density at radius 3 is 1.63 bits per heavy atom. The van der Waals surface area contributed by atoms with Crippen LogP contribution in [0.1, 0.15) is 105 Å². The van der Waals surface area contributed by atoms with Gasteiger partial charge in [-0.15, -0.1) is 21.6 Å². The molecule has 3 aliphatic rings. The average Bonchev–Trinajstić information content (AvgIpc) is 3.31. The van der Waals surface area contributed by atoms with Crippen molar-refractivity contribution in [1.82, 2.24) is 18.4 Å². The zero-order valence-electron chi connectivity index (χ0n) is 49.6. The Kier molecular flexibility index (Phi) is 29.4. The molecule has 0 saturated carbocycles. The van der Waals surface area contributed by atoms with Crippen LogP contribution in [0.25, 0.3) is 0 Å². The van der Waals surface area contributed by atoms with Gasteiger partial charge in [0.15, 0.2) is 0 Å². The predicted molar refractivity (Wildman–Crippen MR) is 347 cm³/mol. The van der Waals surface area contributed by atoms with Crippen LogP contribution in [0.15, 0.2) is 186 Å². The van der Waals surface area contributed by atoms with Crippen LogP contribution in [-0.4, -0.2) is 120 Å². The van der Waals surface area contributed by atoms with E-state index in [0.717, 1.165) is 44.8 Å². The smallest absolute Gasteiger partial charge is 0.409 e. The standard InChI is InChI=1S/C33H36N4O3S.C19H27N3O5S.C8H14.C3H8.C2H6.2H2/c38-33(28-12-10-26(11-13-28)24-35-19-18-27-6-4-5-7-29(27)25-35)34-30-14-16-32(17-15-30)41(39,40)37-22-20-36(21-23-37)31-8-2-1-3-9-31;1-4-6-15(3)18(23)20-16-7-9-17(10-8-16)28(25,26)22-13-11-21(12-14-22)19(24)27-5-2;1-4-6-8(3)7-5-2;1-3-2;1-2;;/h1-17,39-40H,18-25H2,(H,34,38);4,6-10,25-26H,1,5,11-14H2,2-3H3,(H,20,23);4,6H,1,5,7H2,2-3H3;3H2,1-2H3;1-2H3;2*1H/b;15-6+;8-6+;;;;. The maximum Gasteiger partial charge on any atom is 0.409 e. The summed E-state index contributed by atoms with van der Waals surface area (Å²) in [5.41, 5.74) is 8.84. The van der Waals surface area contributed by atoms with Gasteiger partial charge in [0, 0.05) is 103 Å². The number of nitrogens with one attached hydrogen (secondary N) is 2. The van der Waals surface area contributed by atoms with Crippen LogP contribution in [0.2, 0.25) is 0 Å². The average molecular weight is 1170 g/mol. The van der Waals surface area contributed by atoms with E-state index >= 15 is 0 Å². The molecule has 17 heteroatoms. The summed E-state index contributed by atoms with van der Waals surface area (Å²) in [4.78, 5) is 43.7. The molecule has 5 aromatic rings. The molecule has 82 heavy (non-hydrogen) atoms. The van der Waals surface area contributed by atoms with Gasteiger partial charge in [0.1, 0.15) is 0 Å². The van der Waals surface area contributed by atoms with Crippen LogP contribution >= 0.6 is 21.6 Å². The number of fused-ring (bicyclic) bond motifs is 1. The van der Waals surface area contributed by atoms with E-state index in [9.17, 15) is 32.6 Å². The maximum atomic E-state index is 12.9. The summed E-state index contributed by atoms with van der Waals surface area (Å²) < 4.78 is 51.8. The molecular formula is C65H95N7O8S2. The van der Waals surface area contributed by atoms with E-state index in [1.807, 2.05) is 62.4 Å². The first-order valence-electron chi connectivity index (χ1n) is 28.5. The number of nitrogens with zero attached hydrogens (tertiary/aromatic N) is 5. The molecule has 2 saturated heterocycles. The van der Waals surface area contributed by atoms with Gasteiger partial charge in [0.05, 0.1) is 16.4 Å². The number of benzene rings is 5. The number of piperazine rings is 2. The summed E-state index contributed by atoms with van der Waals surface area (Å²) in [6, 6.07) is 39.8. The number of hydrogen-bond acceptors (Lipinski definition) is 12. The molecule has 3 amide bonds. The second-order valence-corrected chi connectivity index (χ2v) is 23.6. The van der Waals surface area contributed by atoms with Crippen LogP contribution in [0.4, 0.5) is 21.9 Å². The fourth-order valence-corrected chi connectivity index (χ4v) is 11.9. The molecule has 0 bridgehead atoms. The Morgan fingerprint density at radius 1 is 0.622 bits per heavy atom. The van der Waals surface area contributed by atoms with E-state index < -0.39 is 21.6 Å². The SMILES string of the molecule is C=C/C=C(\C)C(=O)Nc1ccc(S(O)(O)N2CCN(C(=O)OCC)CC2)cc1.C=C/C=C(\C)CCC.CC.CCC.O=C(Nc1ccc(S(O)(O)N2CCN(c3ccccc3)CC2)cc1)c1ccc(CN2CCc3ccccc3C2)cc1.[HH].[HH]. The quantitative estimate of drug-likeness (QED) is 0.0407. The Bertz CT molecular complexity index is 2810. The third-order valence-electron chi connectivity index (χ3n) is 13.3. The normalized spacial score (nSPS) is 15.4. The zero-order chi connectivity index (χ0) is 60.1. The molecule has 6 N–H and O–H groups in total. The van der Waals surface area contributed by atoms with Gasteiger partial charge in [-0.1, -0.05) is 145 Å². The first-order chi connectivity index (χ1) is 39.5. The number of amides is 3. The highest BCUT2D eigenvalue weighted by atomic mass is 32.3. The highest BCUT2D eigenvalue weighted by molar-refractivity contribution is 8.22. The van der Waals surface area contributed by atoms with Gasteiger partial charge in [0.25, 0.3) is 11.8 Å². The summed E-state index contributed by atoms with van der Waals surface area (Å²) in [5.74, 6) is -0.450. The zero-order valence-corrected chi connectivity index (χ0v) is 51.3. The largest absolute Gasteiger partial charge is 0.450 e. The molecule has 8 rings (SSSR count). The van der Waals surface area contributed by atoms with Crippen LogP contribution < -0.4 is 15.5 Å². The fourth-order valence-electron chi connectivity index (χ4n) is 8.99. The molecular weight excluding hydrogens is 1070 g/mol. The van der Waals surface area contributed by atoms with Crippen molar-refractivity contribution in [2.45, 2.75) is 104 Å². The number of carbonyl (C=O) groups is 3. The van der Waals surface area contributed by atoms with Crippen LogP contribution in [0.5, 0.6) is 0 Å². The monoisotopic (exact) mass is 1170 g/mol. The van der Waals surface area contributed by atoms with Crippen molar-refractivity contribution < 1.29 is 40.2 Å². The first-order valence-corrected chi connectivity index (χ1v) is 31.5. The molecule has 0 aliphatic carbocycles. The molecule has 450 valence electrons. The van der Waals surface area contributed by atoms with Crippen molar-refractivity contribution >= 4 is 56.5 Å². The highest BCUT2D eigenvalue weighted by Gasteiger charge is 2.32. The summed E-state index contributed by atoms with van der Waals surface area (Å²) in [6.45, 7) is 30.2. The van der Waals surface area contributed by atoms with E-state index in [2.05, 4.69) is 104 Å². The van der Waals surface area contributed by atoms with E-state index in [4.69, 9.17) is 4.74 Å². The van der Waals surface area contributed by atoms with Gasteiger partial charge in [-0.3, -0.25) is 32.7 Å². The number of ether oxygens (including phenoxy) is 1. The van der Waals surface area contributed by atoms with Gasteiger partial charge in [-0.05, 0) is 123 Å². The van der Waals surface area contributed by atoms with Gasteiger partial charge in [0.2, 0.25) is 0 Å². The number of carbonyl (C=O) groups excluding carboxylic acids is 3. The summed E-state index contributed by atoms with van der Waals surface area (Å²) in [5, 5.41) is 5.66. The van der Waals surface area contributed by atoms with Crippen LogP contribution in [0.3, 0.4) is 0 Å². The highest BCUT2D eigenvalue weighted by Crippen LogP contribution is 2.53. The van der Waals surface area contributed by atoms with Crippen LogP contribution in [0, 0.1) is 0 Å². The van der Waals surface area contributed by atoms with E-state index in [1.165, 1.54) is 47.6 Å². The number of rotatable bonds is 16. The molecule has 2 fully saturated rings. The van der Waals surface area contributed by atoms with E-state index in [0.29, 0.717) is 78.2 Å². The summed E-state index contributed by atoms with van der Waals surface area (Å²) in [6.07, 6.45) is 11.4. The number of allylic oxidation sites excluding steroid dienone is 5. The van der Waals surface area contributed by atoms with Crippen molar-refractivity contribution in [3.8, 4) is 0 Å². The minimum Gasteiger partial charge on any atom is -0.450 e. The minimum absolute atomic E-state index is 0. The minimum atomic E-state index is -3.18. The lowest BCUT2D eigenvalue weighted by atomic mass is 9.99. The van der Waals surface area contributed by atoms with Gasteiger partial charge in [-0.2, -0.15) is 8.61 Å². The molecule has 15 nitrogen and oxygen atoms in total. The third-order valence-corrected chi connectivity index (χ3v) is 17.3. The number of para-hydroxylation sites is 1. The topological polar surface area (TPSA) is 182 Å². The number of hydrogen-bond donors (Lipinski definition) is 6. The molecule has 3 aliphatic heterocycles. The Hall–Kier alpha value is -6.51. The van der Waals surface area contributed by atoms with Crippen molar-refractivity contribution in [3.05, 3.63) is 198 Å². The summed E-state index contributed by atoms with van der Waals surface area (Å²) in [7, 11) is -6.29. The molecule has 5 aromatic carbocycles. The molecule has 3 heterocycles. The molecule has 0 radical (unpaired) electrons. The lowest BCUT2D eigenvalue weighted by Crippen LogP contribution is -2.49. The van der Waals surface area contributed by atoms with Crippen LogP contribution in [-0.2, 0) is 29.0 Å². The molecule has 0 atom stereocenters. The second kappa shape index (κ2) is 35.5. The Morgan fingerprint density at radius 2 is 1.12 bits per heavy atom. The van der Waals surface area contributed by atoms with Crippen molar-refractivity contribution in [1.29, 1.82) is 0 Å². The number of anilines is 3. The second-order valence-electron chi connectivity index (χ2n) is 19.6. The molecule has 0 aromatic heterocycles. The van der Waals surface area contributed by atoms with Gasteiger partial charge >= 0.3 is 6.09 Å². The van der Waals surface area contributed by atoms with E-state index in [1.54, 1.807) is 82.0 Å². The third kappa shape index (κ3) is 21.0. The lowest BCUT2D eigenvalue weighted by molar-refractivity contribution is -0.112. The summed E-state index contributed by atoms with van der Waals surface area (Å²) >= 11 is 0. The predicted octanol–water partition coefficient (Wildman–Crippen LogP) is 15.8. The van der Waals surface area contributed by atoms with Crippen molar-refractivity contribution in [2.75, 3.05) is 81.0 Å².